The van der Waals surface area contributed by atoms with Gasteiger partial charge in [-0.1, -0.05) is 12.1 Å². The quantitative estimate of drug-likeness (QED) is 0.453. The highest BCUT2D eigenvalue weighted by molar-refractivity contribution is 6.06. The Bertz CT molecular complexity index is 1180. The summed E-state index contributed by atoms with van der Waals surface area (Å²) < 4.78 is 11.1. The molecule has 0 radical (unpaired) electrons. The molecular weight excluding hydrogens is 478 g/mol. The molecule has 0 saturated heterocycles. The van der Waals surface area contributed by atoms with Gasteiger partial charge in [-0.3, -0.25) is 14.4 Å². The zero-order chi connectivity index (χ0) is 26.7. The fourth-order valence-electron chi connectivity index (χ4n) is 5.63. The van der Waals surface area contributed by atoms with E-state index in [4.69, 9.17) is 14.6 Å². The zero-order valence-electron chi connectivity index (χ0n) is 20.9. The Labute approximate surface area is 215 Å². The molecule has 1 aromatic carbocycles. The summed E-state index contributed by atoms with van der Waals surface area (Å²) in [5.41, 5.74) is 3.99. The molecule has 4 rings (SSSR count). The van der Waals surface area contributed by atoms with Gasteiger partial charge in [0.15, 0.2) is 29.7 Å². The molecule has 9 nitrogen and oxygen atoms in total. The first-order chi connectivity index (χ1) is 17.8. The zero-order valence-corrected chi connectivity index (χ0v) is 20.9. The van der Waals surface area contributed by atoms with Crippen molar-refractivity contribution >= 4 is 23.5 Å². The number of carboxylic acid groups (broad SMARTS) is 2. The van der Waals surface area contributed by atoms with E-state index in [9.17, 15) is 24.3 Å². The van der Waals surface area contributed by atoms with Crippen LogP contribution < -0.4 is 9.47 Å². The predicted octanol–water partition coefficient (Wildman–Crippen LogP) is 3.78. The molecule has 0 spiro atoms. The maximum absolute atomic E-state index is 13.4. The Morgan fingerprint density at radius 2 is 1.65 bits per heavy atom. The molecule has 0 saturated carbocycles. The van der Waals surface area contributed by atoms with Crippen molar-refractivity contribution in [2.75, 3.05) is 20.3 Å². The van der Waals surface area contributed by atoms with E-state index >= 15 is 0 Å². The summed E-state index contributed by atoms with van der Waals surface area (Å²) in [4.78, 5) is 51.3. The van der Waals surface area contributed by atoms with Crippen LogP contribution in [0.1, 0.15) is 62.0 Å². The Morgan fingerprint density at radius 1 is 1.03 bits per heavy atom. The highest BCUT2D eigenvalue weighted by atomic mass is 16.5. The third-order valence-electron chi connectivity index (χ3n) is 7.05. The molecule has 196 valence electrons. The predicted molar refractivity (Wildman–Crippen MR) is 133 cm³/mol. The van der Waals surface area contributed by atoms with Crippen LogP contribution >= 0.6 is 0 Å². The largest absolute Gasteiger partial charge is 0.493 e. The number of carbonyl (C=O) groups is 4. The van der Waals surface area contributed by atoms with Gasteiger partial charge < -0.3 is 24.6 Å². The average molecular weight is 510 g/mol. The summed E-state index contributed by atoms with van der Waals surface area (Å²) >= 11 is 0. The molecule has 0 amide bonds. The van der Waals surface area contributed by atoms with Gasteiger partial charge in [-0.25, -0.2) is 4.79 Å². The third kappa shape index (κ3) is 5.16. The molecule has 37 heavy (non-hydrogen) atoms. The number of carboxylic acids is 2. The molecule has 0 fully saturated rings. The summed E-state index contributed by atoms with van der Waals surface area (Å²) in [5, 5.41) is 18.5. The third-order valence-corrected chi connectivity index (χ3v) is 7.05. The maximum Gasteiger partial charge on any atom is 0.341 e. The summed E-state index contributed by atoms with van der Waals surface area (Å²) in [6.07, 6.45) is 5.20. The second kappa shape index (κ2) is 11.0. The van der Waals surface area contributed by atoms with Crippen LogP contribution in [0.25, 0.3) is 0 Å². The van der Waals surface area contributed by atoms with Gasteiger partial charge in [0, 0.05) is 53.4 Å². The fourth-order valence-corrected chi connectivity index (χ4v) is 5.63. The van der Waals surface area contributed by atoms with Crippen LogP contribution in [-0.4, -0.2) is 58.9 Å². The first kappa shape index (κ1) is 26.2. The Kier molecular flexibility index (Phi) is 7.80. The van der Waals surface area contributed by atoms with E-state index in [2.05, 4.69) is 6.58 Å². The molecule has 2 N–H and O–H groups in total. The summed E-state index contributed by atoms with van der Waals surface area (Å²) in [5.74, 6) is -2.20. The van der Waals surface area contributed by atoms with Crippen LogP contribution in [0, 0.1) is 0 Å². The molecule has 0 atom stereocenters. The second-order valence-corrected chi connectivity index (χ2v) is 9.39. The number of carbonyl (C=O) groups excluding carboxylic acids is 2. The van der Waals surface area contributed by atoms with Gasteiger partial charge >= 0.3 is 11.9 Å². The van der Waals surface area contributed by atoms with E-state index in [1.54, 1.807) is 12.1 Å². The lowest BCUT2D eigenvalue weighted by Crippen LogP contribution is -2.40. The lowest BCUT2D eigenvalue weighted by molar-refractivity contribution is -0.139. The van der Waals surface area contributed by atoms with E-state index in [0.29, 0.717) is 73.0 Å². The van der Waals surface area contributed by atoms with Gasteiger partial charge in [0.25, 0.3) is 0 Å². The van der Waals surface area contributed by atoms with Crippen LogP contribution in [0.4, 0.5) is 0 Å². The normalized spacial score (nSPS) is 17.9. The number of allylic oxidation sites excluding steroid dienone is 5. The summed E-state index contributed by atoms with van der Waals surface area (Å²) in [6, 6.07) is 3.54. The van der Waals surface area contributed by atoms with Crippen LogP contribution in [0.3, 0.4) is 0 Å². The van der Waals surface area contributed by atoms with Crippen LogP contribution in [-0.2, 0) is 25.6 Å². The number of benzene rings is 1. The molecule has 3 aliphatic rings. The molecule has 9 heteroatoms. The second-order valence-electron chi connectivity index (χ2n) is 9.39. The molecule has 1 heterocycles. The minimum atomic E-state index is -1.13. The van der Waals surface area contributed by atoms with Crippen LogP contribution in [0.5, 0.6) is 11.5 Å². The van der Waals surface area contributed by atoms with E-state index in [1.165, 1.54) is 7.11 Å². The fraction of sp³-hybridized carbons (Fsp3) is 0.429. The SMILES string of the molecule is C=CCc1cc(C2C3=C(CCCC3=O)N(CCC(=O)O)C3=C2C(=O)CCC3)cc(OC)c1OCC(=O)O. The summed E-state index contributed by atoms with van der Waals surface area (Å²) in [6.45, 7) is 3.45. The monoisotopic (exact) mass is 509 g/mol. The minimum absolute atomic E-state index is 0.0491. The van der Waals surface area contributed by atoms with Crippen LogP contribution in [0.2, 0.25) is 0 Å². The highest BCUT2D eigenvalue weighted by Gasteiger charge is 2.43. The molecule has 0 aromatic heterocycles. The minimum Gasteiger partial charge on any atom is -0.493 e. The van der Waals surface area contributed by atoms with Crippen molar-refractivity contribution in [3.8, 4) is 11.5 Å². The van der Waals surface area contributed by atoms with Crippen molar-refractivity contribution < 1.29 is 38.9 Å². The van der Waals surface area contributed by atoms with Gasteiger partial charge in [0.05, 0.1) is 13.5 Å². The number of aliphatic carboxylic acids is 2. The van der Waals surface area contributed by atoms with Gasteiger partial charge in [-0.15, -0.1) is 6.58 Å². The number of Topliss-reactive ketones (excluding diaryl/α,β-unsaturated/α-hetero) is 2. The van der Waals surface area contributed by atoms with Crippen molar-refractivity contribution in [1.82, 2.24) is 4.90 Å². The number of nitrogens with zero attached hydrogens (tertiary/aromatic N) is 1. The highest BCUT2D eigenvalue weighted by Crippen LogP contribution is 2.50. The van der Waals surface area contributed by atoms with E-state index < -0.39 is 24.5 Å². The number of ether oxygens (including phenoxy) is 2. The van der Waals surface area contributed by atoms with Crippen molar-refractivity contribution in [2.45, 2.75) is 57.3 Å². The topological polar surface area (TPSA) is 130 Å². The van der Waals surface area contributed by atoms with Crippen molar-refractivity contribution in [3.63, 3.8) is 0 Å². The Morgan fingerprint density at radius 3 is 2.16 bits per heavy atom. The lowest BCUT2D eigenvalue weighted by atomic mass is 9.70. The Balaban J connectivity index is 1.93. The number of rotatable bonds is 10. The van der Waals surface area contributed by atoms with Crippen LogP contribution in [0.15, 0.2) is 47.3 Å². The van der Waals surface area contributed by atoms with E-state index in [0.717, 1.165) is 11.4 Å². The Hall–Kier alpha value is -3.88. The van der Waals surface area contributed by atoms with Crippen molar-refractivity contribution in [2.24, 2.45) is 0 Å². The average Bonchev–Trinajstić information content (AvgIpc) is 2.86. The standard InChI is InChI=1S/C28H31NO8/c1-3-6-16-13-17(14-22(36-2)28(16)37-15-24(34)35)25-26-18(7-4-9-20(26)30)29(12-11-23(32)33)19-8-5-10-21(31)27(19)25/h3,13-14,25H,1,4-12,15H2,2H3,(H,32,33)(H,34,35). The molecule has 1 aromatic rings. The van der Waals surface area contributed by atoms with Gasteiger partial charge in [0.1, 0.15) is 0 Å². The first-order valence-corrected chi connectivity index (χ1v) is 12.4. The number of hydrogen-bond donors (Lipinski definition) is 2. The maximum atomic E-state index is 13.4. The molecule has 0 unspecified atom stereocenters. The van der Waals surface area contributed by atoms with E-state index in [1.807, 2.05) is 11.0 Å². The molecule has 1 aliphatic heterocycles. The number of methoxy groups -OCH3 is 1. The molecule has 0 bridgehead atoms. The van der Waals surface area contributed by atoms with Crippen molar-refractivity contribution in [3.05, 3.63) is 58.5 Å². The smallest absolute Gasteiger partial charge is 0.341 e. The number of hydrogen-bond acceptors (Lipinski definition) is 7. The number of ketones is 2. The lowest BCUT2D eigenvalue weighted by Gasteiger charge is -2.44. The molecule has 2 aliphatic carbocycles. The summed E-state index contributed by atoms with van der Waals surface area (Å²) in [7, 11) is 1.45. The van der Waals surface area contributed by atoms with Gasteiger partial charge in [0.2, 0.25) is 0 Å². The van der Waals surface area contributed by atoms with Gasteiger partial charge in [-0.2, -0.15) is 0 Å². The van der Waals surface area contributed by atoms with Crippen molar-refractivity contribution in [1.29, 1.82) is 0 Å². The van der Waals surface area contributed by atoms with E-state index in [-0.39, 0.29) is 30.3 Å². The van der Waals surface area contributed by atoms with Gasteiger partial charge in [-0.05, 0) is 43.7 Å². The first-order valence-electron chi connectivity index (χ1n) is 12.4. The molecular formula is C28H31NO8.